The molecule has 1 amide bonds. The quantitative estimate of drug-likeness (QED) is 0.685. The van der Waals surface area contributed by atoms with Crippen molar-refractivity contribution in [3.63, 3.8) is 0 Å². The lowest BCUT2D eigenvalue weighted by atomic mass is 10.1. The van der Waals surface area contributed by atoms with Crippen LogP contribution in [0, 0.1) is 0 Å². The molecule has 7 heteroatoms. The van der Waals surface area contributed by atoms with Crippen LogP contribution in [0.1, 0.15) is 41.7 Å². The van der Waals surface area contributed by atoms with Crippen molar-refractivity contribution >= 4 is 23.2 Å². The van der Waals surface area contributed by atoms with E-state index in [-0.39, 0.29) is 30.6 Å². The average molecular weight is 271 g/mol. The van der Waals surface area contributed by atoms with Gasteiger partial charge in [0.2, 0.25) is 5.91 Å². The topological polar surface area (TPSA) is 105 Å². The predicted octanol–water partition coefficient (Wildman–Crippen LogP) is 0.975. The molecule has 0 fully saturated rings. The van der Waals surface area contributed by atoms with Gasteiger partial charge >= 0.3 is 5.97 Å². The number of aromatic carboxylic acids is 1. The van der Waals surface area contributed by atoms with Crippen LogP contribution in [0.4, 0.5) is 0 Å². The zero-order valence-corrected chi connectivity index (χ0v) is 11.0. The number of nitrogens with two attached hydrogens (primary N) is 1. The Labute approximate surface area is 109 Å². The summed E-state index contributed by atoms with van der Waals surface area (Å²) in [4.78, 5) is 26.0. The highest BCUT2D eigenvalue weighted by atomic mass is 32.1. The molecule has 1 aromatic rings. The number of aromatic nitrogens is 1. The summed E-state index contributed by atoms with van der Waals surface area (Å²) in [7, 11) is 0. The number of carbonyl (C=O) groups is 2. The Balaban J connectivity index is 2.35. The maximum absolute atomic E-state index is 11.5. The van der Waals surface area contributed by atoms with Crippen LogP contribution in [0.3, 0.4) is 0 Å². The molecular formula is C11H17N3O3S. The molecule has 0 saturated heterocycles. The second kappa shape index (κ2) is 7.07. The maximum atomic E-state index is 11.5. The Morgan fingerprint density at radius 1 is 1.61 bits per heavy atom. The number of nitrogens with zero attached hydrogens (tertiary/aromatic N) is 1. The second-order valence-corrected chi connectivity index (χ2v) is 4.90. The van der Waals surface area contributed by atoms with Crippen molar-refractivity contribution < 1.29 is 14.7 Å². The van der Waals surface area contributed by atoms with Gasteiger partial charge in [-0.2, -0.15) is 0 Å². The van der Waals surface area contributed by atoms with Gasteiger partial charge in [0.1, 0.15) is 5.01 Å². The van der Waals surface area contributed by atoms with Crippen molar-refractivity contribution in [2.24, 2.45) is 5.73 Å². The minimum absolute atomic E-state index is 0.00642. The molecule has 18 heavy (non-hydrogen) atoms. The summed E-state index contributed by atoms with van der Waals surface area (Å²) in [6, 6.07) is -0.124. The van der Waals surface area contributed by atoms with Gasteiger partial charge in [-0.25, -0.2) is 9.78 Å². The van der Waals surface area contributed by atoms with Gasteiger partial charge in [-0.05, 0) is 6.42 Å². The van der Waals surface area contributed by atoms with Crippen molar-refractivity contribution in [2.45, 2.75) is 38.8 Å². The summed E-state index contributed by atoms with van der Waals surface area (Å²) >= 11 is 1.21. The minimum atomic E-state index is -1.06. The number of nitrogens with one attached hydrogen (secondary N) is 1. The molecule has 1 aromatic heterocycles. The first-order chi connectivity index (χ1) is 8.52. The summed E-state index contributed by atoms with van der Waals surface area (Å²) in [5.74, 6) is -1.20. The molecule has 0 spiro atoms. The van der Waals surface area contributed by atoms with Crippen molar-refractivity contribution in [1.29, 1.82) is 0 Å². The van der Waals surface area contributed by atoms with Crippen LogP contribution >= 0.6 is 11.3 Å². The van der Waals surface area contributed by atoms with Gasteiger partial charge in [-0.15, -0.1) is 11.3 Å². The van der Waals surface area contributed by atoms with Crippen LogP contribution in [-0.2, 0) is 11.3 Å². The molecule has 100 valence electrons. The molecule has 0 aliphatic rings. The number of carboxylic acids is 1. The van der Waals surface area contributed by atoms with E-state index < -0.39 is 5.97 Å². The van der Waals surface area contributed by atoms with Gasteiger partial charge in [-0.1, -0.05) is 13.3 Å². The third-order valence-electron chi connectivity index (χ3n) is 2.31. The Kier molecular flexibility index (Phi) is 5.73. The summed E-state index contributed by atoms with van der Waals surface area (Å²) in [5.41, 5.74) is 5.75. The molecule has 0 aromatic carbocycles. The highest BCUT2D eigenvalue weighted by Gasteiger charge is 2.11. The summed E-state index contributed by atoms with van der Waals surface area (Å²) in [5, 5.41) is 13.4. The van der Waals surface area contributed by atoms with Crippen LogP contribution in [0.15, 0.2) is 5.38 Å². The first kappa shape index (κ1) is 14.6. The number of hydrogen-bond acceptors (Lipinski definition) is 5. The SMILES string of the molecule is CCCC(N)CC(=O)NCc1nc(C(=O)O)cs1. The standard InChI is InChI=1S/C11H17N3O3S/c1-2-3-7(12)4-9(15)13-5-10-14-8(6-18-10)11(16)17/h6-7H,2-5,12H2,1H3,(H,13,15)(H,16,17). The van der Waals surface area contributed by atoms with Crippen molar-refractivity contribution in [3.8, 4) is 0 Å². The molecule has 4 N–H and O–H groups in total. The lowest BCUT2D eigenvalue weighted by Crippen LogP contribution is -2.31. The first-order valence-electron chi connectivity index (χ1n) is 5.73. The van der Waals surface area contributed by atoms with Crippen LogP contribution in [0.25, 0.3) is 0 Å². The molecule has 0 radical (unpaired) electrons. The van der Waals surface area contributed by atoms with E-state index in [1.165, 1.54) is 16.7 Å². The Hall–Kier alpha value is -1.47. The van der Waals surface area contributed by atoms with Gasteiger partial charge in [0, 0.05) is 17.8 Å². The third kappa shape index (κ3) is 4.80. The number of amides is 1. The van der Waals surface area contributed by atoms with E-state index in [2.05, 4.69) is 10.3 Å². The monoisotopic (exact) mass is 271 g/mol. The van der Waals surface area contributed by atoms with Crippen molar-refractivity contribution in [2.75, 3.05) is 0 Å². The van der Waals surface area contributed by atoms with Crippen LogP contribution in [0.2, 0.25) is 0 Å². The van der Waals surface area contributed by atoms with E-state index in [1.54, 1.807) is 0 Å². The molecule has 1 atom stereocenters. The molecular weight excluding hydrogens is 254 g/mol. The van der Waals surface area contributed by atoms with Crippen LogP contribution < -0.4 is 11.1 Å². The van der Waals surface area contributed by atoms with E-state index in [0.717, 1.165) is 12.8 Å². The number of carbonyl (C=O) groups excluding carboxylic acids is 1. The molecule has 0 bridgehead atoms. The summed E-state index contributed by atoms with van der Waals surface area (Å²) in [6.45, 7) is 2.26. The molecule has 1 heterocycles. The Morgan fingerprint density at radius 3 is 2.89 bits per heavy atom. The Morgan fingerprint density at radius 2 is 2.33 bits per heavy atom. The molecule has 0 saturated carbocycles. The van der Waals surface area contributed by atoms with Gasteiger partial charge in [-0.3, -0.25) is 4.79 Å². The Bertz CT molecular complexity index is 419. The maximum Gasteiger partial charge on any atom is 0.355 e. The lowest BCUT2D eigenvalue weighted by molar-refractivity contribution is -0.121. The summed E-state index contributed by atoms with van der Waals surface area (Å²) in [6.07, 6.45) is 2.04. The zero-order chi connectivity index (χ0) is 13.5. The predicted molar refractivity (Wildman–Crippen MR) is 68.4 cm³/mol. The first-order valence-corrected chi connectivity index (χ1v) is 6.60. The minimum Gasteiger partial charge on any atom is -0.476 e. The van der Waals surface area contributed by atoms with Crippen LogP contribution in [-0.4, -0.2) is 28.0 Å². The number of carboxylic acid groups (broad SMARTS) is 1. The highest BCUT2D eigenvalue weighted by molar-refractivity contribution is 7.09. The van der Waals surface area contributed by atoms with Crippen LogP contribution in [0.5, 0.6) is 0 Å². The molecule has 1 rings (SSSR count). The fraction of sp³-hybridized carbons (Fsp3) is 0.545. The van der Waals surface area contributed by atoms with E-state index in [9.17, 15) is 9.59 Å². The van der Waals surface area contributed by atoms with Gasteiger partial charge < -0.3 is 16.2 Å². The number of rotatable bonds is 7. The average Bonchev–Trinajstić information content (AvgIpc) is 2.75. The van der Waals surface area contributed by atoms with Crippen molar-refractivity contribution in [3.05, 3.63) is 16.1 Å². The fourth-order valence-corrected chi connectivity index (χ4v) is 2.16. The number of thiazole rings is 1. The highest BCUT2D eigenvalue weighted by Crippen LogP contribution is 2.09. The zero-order valence-electron chi connectivity index (χ0n) is 10.2. The van der Waals surface area contributed by atoms with E-state index in [0.29, 0.717) is 5.01 Å². The van der Waals surface area contributed by atoms with Gasteiger partial charge in [0.05, 0.1) is 6.54 Å². The second-order valence-electron chi connectivity index (χ2n) is 3.96. The fourth-order valence-electron chi connectivity index (χ4n) is 1.45. The molecule has 1 unspecified atom stereocenters. The third-order valence-corrected chi connectivity index (χ3v) is 3.16. The normalized spacial score (nSPS) is 12.1. The largest absolute Gasteiger partial charge is 0.476 e. The van der Waals surface area contributed by atoms with Crippen molar-refractivity contribution in [1.82, 2.24) is 10.3 Å². The molecule has 0 aliphatic heterocycles. The lowest BCUT2D eigenvalue weighted by Gasteiger charge is -2.09. The summed E-state index contributed by atoms with van der Waals surface area (Å²) < 4.78 is 0. The van der Waals surface area contributed by atoms with Gasteiger partial charge in [0.25, 0.3) is 0 Å². The van der Waals surface area contributed by atoms with E-state index >= 15 is 0 Å². The van der Waals surface area contributed by atoms with Gasteiger partial charge in [0.15, 0.2) is 5.69 Å². The van der Waals surface area contributed by atoms with E-state index in [4.69, 9.17) is 10.8 Å². The smallest absolute Gasteiger partial charge is 0.355 e. The van der Waals surface area contributed by atoms with E-state index in [1.807, 2.05) is 6.92 Å². The number of hydrogen-bond donors (Lipinski definition) is 3. The molecule has 0 aliphatic carbocycles. The molecule has 6 nitrogen and oxygen atoms in total.